The molecule has 2 amide bonds. The summed E-state index contributed by atoms with van der Waals surface area (Å²) in [5.41, 5.74) is 1.91. The molecular weight excluding hydrogens is 454 g/mol. The van der Waals surface area contributed by atoms with Gasteiger partial charge in [-0.15, -0.1) is 0 Å². The molecule has 0 saturated heterocycles. The number of carbonyl (C=O) groups excluding carboxylic acids is 2. The Kier molecular flexibility index (Phi) is 7.57. The lowest BCUT2D eigenvalue weighted by Gasteiger charge is -2.10. The second-order valence-electron chi connectivity index (χ2n) is 7.00. The molecule has 11 nitrogen and oxygen atoms in total. The number of rotatable bonds is 9. The van der Waals surface area contributed by atoms with E-state index in [1.54, 1.807) is 18.2 Å². The van der Waals surface area contributed by atoms with Crippen molar-refractivity contribution in [1.29, 1.82) is 0 Å². The van der Waals surface area contributed by atoms with Crippen molar-refractivity contribution < 1.29 is 23.8 Å². The summed E-state index contributed by atoms with van der Waals surface area (Å²) in [6.07, 6.45) is 0. The molecule has 0 atom stereocenters. The number of benzene rings is 2. The Bertz CT molecular complexity index is 1170. The number of aryl methyl sites for hydroxylation is 2. The van der Waals surface area contributed by atoms with Gasteiger partial charge in [-0.3, -0.25) is 19.7 Å². The number of nitro groups is 1. The summed E-state index contributed by atoms with van der Waals surface area (Å²) in [7, 11) is 0. The lowest BCUT2D eigenvalue weighted by atomic mass is 10.1. The summed E-state index contributed by atoms with van der Waals surface area (Å²) < 4.78 is 10.4. The fourth-order valence-electron chi connectivity index (χ4n) is 2.83. The van der Waals surface area contributed by atoms with E-state index in [4.69, 9.17) is 20.9 Å². The van der Waals surface area contributed by atoms with E-state index in [9.17, 15) is 19.7 Å². The van der Waals surface area contributed by atoms with Gasteiger partial charge in [-0.1, -0.05) is 28.9 Å². The second kappa shape index (κ2) is 10.6. The molecule has 0 aliphatic rings. The van der Waals surface area contributed by atoms with Crippen LogP contribution >= 0.6 is 11.6 Å². The maximum absolute atomic E-state index is 12.1. The average molecular weight is 474 g/mol. The van der Waals surface area contributed by atoms with Gasteiger partial charge in [0.05, 0.1) is 4.92 Å². The van der Waals surface area contributed by atoms with Crippen LogP contribution in [0.4, 0.5) is 5.69 Å². The van der Waals surface area contributed by atoms with Crippen LogP contribution in [-0.2, 0) is 4.79 Å². The number of halogens is 1. The zero-order valence-corrected chi connectivity index (χ0v) is 18.5. The van der Waals surface area contributed by atoms with Crippen molar-refractivity contribution in [3.8, 4) is 17.1 Å². The van der Waals surface area contributed by atoms with Crippen molar-refractivity contribution in [1.82, 2.24) is 20.8 Å². The standard InChI is InChI=1S/C21H20ClN5O6/c1-12-8-16(9-13(2)18(12)22)32-11-17(28)23-6-7-24-20(29)21-25-19(26-33-21)14-4-3-5-15(10-14)27(30)31/h3-5,8-10H,6-7,11H2,1-2H3,(H,23,28)(H,24,29). The fourth-order valence-corrected chi connectivity index (χ4v) is 2.94. The highest BCUT2D eigenvalue weighted by Crippen LogP contribution is 2.25. The van der Waals surface area contributed by atoms with Gasteiger partial charge in [0.25, 0.3) is 11.6 Å². The first kappa shape index (κ1) is 23.7. The monoisotopic (exact) mass is 473 g/mol. The minimum absolute atomic E-state index is 0.0435. The minimum Gasteiger partial charge on any atom is -0.484 e. The Hall–Kier alpha value is -3.99. The first-order valence-electron chi connectivity index (χ1n) is 9.77. The van der Waals surface area contributed by atoms with Crippen molar-refractivity contribution in [2.45, 2.75) is 13.8 Å². The average Bonchev–Trinajstić information content (AvgIpc) is 3.29. The van der Waals surface area contributed by atoms with Crippen LogP contribution < -0.4 is 15.4 Å². The van der Waals surface area contributed by atoms with Gasteiger partial charge < -0.3 is 19.9 Å². The molecule has 0 unspecified atom stereocenters. The highest BCUT2D eigenvalue weighted by atomic mass is 35.5. The van der Waals surface area contributed by atoms with Gasteiger partial charge in [0.1, 0.15) is 5.75 Å². The van der Waals surface area contributed by atoms with Crippen LogP contribution in [-0.4, -0.2) is 46.6 Å². The third kappa shape index (κ3) is 6.26. The van der Waals surface area contributed by atoms with Crippen molar-refractivity contribution in [3.63, 3.8) is 0 Å². The third-order valence-electron chi connectivity index (χ3n) is 4.45. The zero-order valence-electron chi connectivity index (χ0n) is 17.8. The van der Waals surface area contributed by atoms with Crippen molar-refractivity contribution in [3.05, 3.63) is 68.6 Å². The summed E-state index contributed by atoms with van der Waals surface area (Å²) in [4.78, 5) is 38.4. The van der Waals surface area contributed by atoms with Gasteiger partial charge in [-0.25, -0.2) is 0 Å². The van der Waals surface area contributed by atoms with Gasteiger partial charge in [0, 0.05) is 35.8 Å². The molecule has 33 heavy (non-hydrogen) atoms. The third-order valence-corrected chi connectivity index (χ3v) is 5.04. The number of hydrogen-bond donors (Lipinski definition) is 2. The van der Waals surface area contributed by atoms with E-state index in [-0.39, 0.29) is 43.0 Å². The first-order chi connectivity index (χ1) is 15.7. The van der Waals surface area contributed by atoms with Crippen molar-refractivity contribution >= 4 is 29.1 Å². The number of hydrogen-bond acceptors (Lipinski definition) is 8. The Balaban J connectivity index is 1.43. The molecule has 0 bridgehead atoms. The lowest BCUT2D eigenvalue weighted by molar-refractivity contribution is -0.384. The predicted molar refractivity (Wildman–Crippen MR) is 118 cm³/mol. The molecule has 3 rings (SSSR count). The molecule has 0 saturated carbocycles. The molecular formula is C21H20ClN5O6. The Labute approximate surface area is 193 Å². The highest BCUT2D eigenvalue weighted by molar-refractivity contribution is 6.32. The number of ether oxygens (including phenoxy) is 1. The number of nitrogens with zero attached hydrogens (tertiary/aromatic N) is 3. The molecule has 1 aromatic heterocycles. The van der Waals surface area contributed by atoms with Crippen LogP contribution in [0.25, 0.3) is 11.4 Å². The first-order valence-corrected chi connectivity index (χ1v) is 10.2. The molecule has 2 N–H and O–H groups in total. The topological polar surface area (TPSA) is 149 Å². The van der Waals surface area contributed by atoms with Gasteiger partial charge in [0.2, 0.25) is 5.82 Å². The smallest absolute Gasteiger partial charge is 0.316 e. The summed E-state index contributed by atoms with van der Waals surface area (Å²) >= 11 is 6.11. The zero-order chi connectivity index (χ0) is 24.0. The number of nitrogens with one attached hydrogen (secondary N) is 2. The Morgan fingerprint density at radius 3 is 2.55 bits per heavy atom. The Morgan fingerprint density at radius 2 is 1.85 bits per heavy atom. The molecule has 0 aliphatic heterocycles. The molecule has 1 heterocycles. The summed E-state index contributed by atoms with van der Waals surface area (Å²) in [6.45, 7) is 3.77. The van der Waals surface area contributed by atoms with Crippen molar-refractivity contribution in [2.24, 2.45) is 0 Å². The van der Waals surface area contributed by atoms with E-state index in [1.807, 2.05) is 13.8 Å². The maximum Gasteiger partial charge on any atom is 0.316 e. The number of aromatic nitrogens is 2. The molecule has 12 heteroatoms. The predicted octanol–water partition coefficient (Wildman–Crippen LogP) is 2.84. The fraction of sp³-hybridized carbons (Fsp3) is 0.238. The van der Waals surface area contributed by atoms with E-state index in [0.29, 0.717) is 16.3 Å². The van der Waals surface area contributed by atoms with Gasteiger partial charge in [-0.05, 0) is 37.1 Å². The normalized spacial score (nSPS) is 10.5. The maximum atomic E-state index is 12.1. The largest absolute Gasteiger partial charge is 0.484 e. The molecule has 0 spiro atoms. The van der Waals surface area contributed by atoms with Gasteiger partial charge >= 0.3 is 11.8 Å². The SMILES string of the molecule is Cc1cc(OCC(=O)NCCNC(=O)c2nc(-c3cccc([N+](=O)[O-])c3)no2)cc(C)c1Cl. The molecule has 3 aromatic rings. The van der Waals surface area contributed by atoms with E-state index < -0.39 is 10.8 Å². The van der Waals surface area contributed by atoms with Gasteiger partial charge in [0.15, 0.2) is 6.61 Å². The van der Waals surface area contributed by atoms with Crippen LogP contribution in [0.15, 0.2) is 40.9 Å². The van der Waals surface area contributed by atoms with Crippen LogP contribution in [0.2, 0.25) is 5.02 Å². The Morgan fingerprint density at radius 1 is 1.15 bits per heavy atom. The van der Waals surface area contributed by atoms with E-state index in [2.05, 4.69) is 20.8 Å². The molecule has 0 fully saturated rings. The van der Waals surface area contributed by atoms with Crippen LogP contribution in [0.5, 0.6) is 5.75 Å². The summed E-state index contributed by atoms with van der Waals surface area (Å²) in [5.74, 6) is -0.729. The highest BCUT2D eigenvalue weighted by Gasteiger charge is 2.17. The van der Waals surface area contributed by atoms with Crippen molar-refractivity contribution in [2.75, 3.05) is 19.7 Å². The van der Waals surface area contributed by atoms with E-state index in [0.717, 1.165) is 11.1 Å². The molecule has 0 aliphatic carbocycles. The molecule has 172 valence electrons. The molecule has 0 radical (unpaired) electrons. The summed E-state index contributed by atoms with van der Waals surface area (Å²) in [6, 6.07) is 9.13. The second-order valence-corrected chi connectivity index (χ2v) is 7.37. The lowest BCUT2D eigenvalue weighted by Crippen LogP contribution is -2.36. The molecule has 2 aromatic carbocycles. The number of carbonyl (C=O) groups is 2. The number of nitro benzene ring substituents is 1. The van der Waals surface area contributed by atoms with Crippen LogP contribution in [0.3, 0.4) is 0 Å². The minimum atomic E-state index is -0.642. The summed E-state index contributed by atoms with van der Waals surface area (Å²) in [5, 5.41) is 20.3. The number of amides is 2. The van der Waals surface area contributed by atoms with Gasteiger partial charge in [-0.2, -0.15) is 4.98 Å². The quantitative estimate of drug-likeness (QED) is 0.273. The number of non-ortho nitro benzene ring substituents is 1. The van der Waals surface area contributed by atoms with Crippen LogP contribution in [0.1, 0.15) is 21.8 Å². The van der Waals surface area contributed by atoms with Crippen LogP contribution in [0, 0.1) is 24.0 Å². The van der Waals surface area contributed by atoms with E-state index >= 15 is 0 Å². The van der Waals surface area contributed by atoms with E-state index in [1.165, 1.54) is 18.2 Å².